The summed E-state index contributed by atoms with van der Waals surface area (Å²) in [5.74, 6) is 1.07. The standard InChI is InChI=1S/C26H25N5O3S/c1-18-29-24(20-6-3-2-4-7-20)17-25(30-18)31-22-9-5-8-21(16-22)26(32)28-15-14-19-10-12-23(13-11-19)35(27,33)34/h2-13,16-17H,14-15H2,1H3,(H,28,32)(H2,27,33,34)(H,29,30,31). The monoisotopic (exact) mass is 487 g/mol. The number of nitrogens with zero attached hydrogens (tertiary/aromatic N) is 2. The number of amides is 1. The Morgan fingerprint density at radius 2 is 1.66 bits per heavy atom. The lowest BCUT2D eigenvalue weighted by Gasteiger charge is -2.11. The van der Waals surface area contributed by atoms with Crippen LogP contribution < -0.4 is 15.8 Å². The van der Waals surface area contributed by atoms with Gasteiger partial charge in [-0.1, -0.05) is 48.5 Å². The molecule has 1 heterocycles. The number of hydrogen-bond acceptors (Lipinski definition) is 6. The molecule has 0 aliphatic heterocycles. The van der Waals surface area contributed by atoms with Crippen molar-refractivity contribution < 1.29 is 13.2 Å². The van der Waals surface area contributed by atoms with Crippen molar-refractivity contribution in [3.8, 4) is 11.3 Å². The summed E-state index contributed by atoms with van der Waals surface area (Å²) in [6, 6.07) is 25.2. The van der Waals surface area contributed by atoms with Gasteiger partial charge in [0.25, 0.3) is 5.91 Å². The Kier molecular flexibility index (Phi) is 7.19. The first-order valence-electron chi connectivity index (χ1n) is 11.0. The summed E-state index contributed by atoms with van der Waals surface area (Å²) in [6.07, 6.45) is 0.553. The predicted octanol–water partition coefficient (Wildman–Crippen LogP) is 3.82. The van der Waals surface area contributed by atoms with Gasteiger partial charge in [0, 0.05) is 29.4 Å². The number of hydrogen-bond donors (Lipinski definition) is 3. The van der Waals surface area contributed by atoms with Gasteiger partial charge in [-0.3, -0.25) is 4.79 Å². The van der Waals surface area contributed by atoms with E-state index in [-0.39, 0.29) is 10.8 Å². The fourth-order valence-electron chi connectivity index (χ4n) is 3.54. The largest absolute Gasteiger partial charge is 0.352 e. The molecule has 0 spiro atoms. The summed E-state index contributed by atoms with van der Waals surface area (Å²) in [7, 11) is -3.72. The van der Waals surface area contributed by atoms with E-state index in [0.717, 1.165) is 22.5 Å². The van der Waals surface area contributed by atoms with Crippen molar-refractivity contribution in [2.45, 2.75) is 18.2 Å². The van der Waals surface area contributed by atoms with E-state index < -0.39 is 10.0 Å². The molecule has 178 valence electrons. The molecule has 3 aromatic carbocycles. The number of benzene rings is 3. The van der Waals surface area contributed by atoms with Crippen LogP contribution in [0, 0.1) is 6.92 Å². The highest BCUT2D eigenvalue weighted by atomic mass is 32.2. The van der Waals surface area contributed by atoms with Crippen LogP contribution >= 0.6 is 0 Å². The molecule has 0 bridgehead atoms. The Labute approximate surface area is 204 Å². The summed E-state index contributed by atoms with van der Waals surface area (Å²) < 4.78 is 22.7. The molecule has 4 rings (SSSR count). The lowest BCUT2D eigenvalue weighted by Crippen LogP contribution is -2.25. The smallest absolute Gasteiger partial charge is 0.251 e. The lowest BCUT2D eigenvalue weighted by atomic mass is 10.1. The van der Waals surface area contributed by atoms with Crippen molar-refractivity contribution >= 4 is 27.4 Å². The van der Waals surface area contributed by atoms with Crippen molar-refractivity contribution in [1.82, 2.24) is 15.3 Å². The summed E-state index contributed by atoms with van der Waals surface area (Å²) in [5.41, 5.74) is 3.93. The summed E-state index contributed by atoms with van der Waals surface area (Å²) in [5, 5.41) is 11.3. The van der Waals surface area contributed by atoms with E-state index >= 15 is 0 Å². The van der Waals surface area contributed by atoms with Gasteiger partial charge in [0.15, 0.2) is 0 Å². The summed E-state index contributed by atoms with van der Waals surface area (Å²) in [6.45, 7) is 2.24. The topological polar surface area (TPSA) is 127 Å². The van der Waals surface area contributed by atoms with Gasteiger partial charge in [0.1, 0.15) is 11.6 Å². The zero-order valence-electron chi connectivity index (χ0n) is 19.1. The molecule has 0 saturated heterocycles. The zero-order chi connectivity index (χ0) is 24.8. The summed E-state index contributed by atoms with van der Waals surface area (Å²) >= 11 is 0. The molecule has 35 heavy (non-hydrogen) atoms. The molecular weight excluding hydrogens is 462 g/mol. The SMILES string of the molecule is Cc1nc(Nc2cccc(C(=O)NCCc3ccc(S(N)(=O)=O)cc3)c2)cc(-c2ccccc2)n1. The highest BCUT2D eigenvalue weighted by molar-refractivity contribution is 7.89. The third kappa shape index (κ3) is 6.50. The van der Waals surface area contributed by atoms with Crippen molar-refractivity contribution in [3.63, 3.8) is 0 Å². The second-order valence-electron chi connectivity index (χ2n) is 7.95. The number of nitrogens with two attached hydrogens (primary N) is 1. The number of aryl methyl sites for hydroxylation is 1. The normalized spacial score (nSPS) is 11.1. The van der Waals surface area contributed by atoms with Gasteiger partial charge in [-0.15, -0.1) is 0 Å². The molecule has 0 aliphatic rings. The highest BCUT2D eigenvalue weighted by Gasteiger charge is 2.10. The molecule has 9 heteroatoms. The maximum absolute atomic E-state index is 12.7. The number of sulfonamides is 1. The van der Waals surface area contributed by atoms with E-state index in [2.05, 4.69) is 20.6 Å². The molecule has 0 unspecified atom stereocenters. The van der Waals surface area contributed by atoms with Gasteiger partial charge in [-0.05, 0) is 49.2 Å². The third-order valence-electron chi connectivity index (χ3n) is 5.26. The lowest BCUT2D eigenvalue weighted by molar-refractivity contribution is 0.0954. The van der Waals surface area contributed by atoms with E-state index in [9.17, 15) is 13.2 Å². The Morgan fingerprint density at radius 1 is 0.914 bits per heavy atom. The third-order valence-corrected chi connectivity index (χ3v) is 6.19. The van der Waals surface area contributed by atoms with Crippen LogP contribution in [0.3, 0.4) is 0 Å². The van der Waals surface area contributed by atoms with Gasteiger partial charge >= 0.3 is 0 Å². The number of rotatable bonds is 8. The molecule has 1 amide bonds. The van der Waals surface area contributed by atoms with E-state index in [0.29, 0.717) is 30.2 Å². The fraction of sp³-hybridized carbons (Fsp3) is 0.115. The van der Waals surface area contributed by atoms with Crippen molar-refractivity contribution in [2.24, 2.45) is 5.14 Å². The molecular formula is C26H25N5O3S. The number of nitrogens with one attached hydrogen (secondary N) is 2. The number of primary sulfonamides is 1. The van der Waals surface area contributed by atoms with Gasteiger partial charge in [-0.2, -0.15) is 0 Å². The molecule has 4 N–H and O–H groups in total. The van der Waals surface area contributed by atoms with Crippen LogP contribution in [0.15, 0.2) is 89.8 Å². The summed E-state index contributed by atoms with van der Waals surface area (Å²) in [4.78, 5) is 21.7. The van der Waals surface area contributed by atoms with Crippen LogP contribution in [0.2, 0.25) is 0 Å². The zero-order valence-corrected chi connectivity index (χ0v) is 19.9. The van der Waals surface area contributed by atoms with Gasteiger partial charge in [0.2, 0.25) is 10.0 Å². The van der Waals surface area contributed by atoms with Crippen LogP contribution in [0.1, 0.15) is 21.7 Å². The Hall–Kier alpha value is -4.08. The maximum atomic E-state index is 12.7. The Bertz CT molecular complexity index is 1440. The molecule has 0 fully saturated rings. The second kappa shape index (κ2) is 10.5. The van der Waals surface area contributed by atoms with Gasteiger partial charge in [0.05, 0.1) is 10.6 Å². The fourth-order valence-corrected chi connectivity index (χ4v) is 4.06. The first-order valence-corrected chi connectivity index (χ1v) is 12.5. The molecule has 1 aromatic heterocycles. The Morgan fingerprint density at radius 3 is 2.37 bits per heavy atom. The minimum Gasteiger partial charge on any atom is -0.352 e. The molecule has 0 radical (unpaired) electrons. The van der Waals surface area contributed by atoms with Crippen molar-refractivity contribution in [2.75, 3.05) is 11.9 Å². The molecule has 0 atom stereocenters. The Balaban J connectivity index is 1.39. The van der Waals surface area contributed by atoms with Gasteiger partial charge < -0.3 is 10.6 Å². The molecule has 8 nitrogen and oxygen atoms in total. The average Bonchev–Trinajstić information content (AvgIpc) is 2.84. The van der Waals surface area contributed by atoms with Crippen molar-refractivity contribution in [3.05, 3.63) is 102 Å². The number of anilines is 2. The molecule has 0 saturated carbocycles. The van der Waals surface area contributed by atoms with Crippen LogP contribution in [0.25, 0.3) is 11.3 Å². The first-order chi connectivity index (χ1) is 16.8. The van der Waals surface area contributed by atoms with E-state index in [4.69, 9.17) is 5.14 Å². The molecule has 0 aliphatic carbocycles. The molecule has 4 aromatic rings. The number of aromatic nitrogens is 2. The first kappa shape index (κ1) is 24.1. The number of carbonyl (C=O) groups excluding carboxylic acids is 1. The maximum Gasteiger partial charge on any atom is 0.251 e. The predicted molar refractivity (Wildman–Crippen MR) is 136 cm³/mol. The highest BCUT2D eigenvalue weighted by Crippen LogP contribution is 2.22. The van der Waals surface area contributed by atoms with E-state index in [1.165, 1.54) is 12.1 Å². The van der Waals surface area contributed by atoms with Gasteiger partial charge in [-0.25, -0.2) is 23.5 Å². The van der Waals surface area contributed by atoms with E-state index in [1.54, 1.807) is 30.3 Å². The quantitative estimate of drug-likeness (QED) is 0.347. The van der Waals surface area contributed by atoms with Crippen molar-refractivity contribution in [1.29, 1.82) is 0 Å². The van der Waals surface area contributed by atoms with Crippen LogP contribution in [0.4, 0.5) is 11.5 Å². The minimum atomic E-state index is -3.72. The van der Waals surface area contributed by atoms with Crippen LogP contribution in [0.5, 0.6) is 0 Å². The minimum absolute atomic E-state index is 0.0596. The second-order valence-corrected chi connectivity index (χ2v) is 9.51. The number of carbonyl (C=O) groups is 1. The van der Waals surface area contributed by atoms with Crippen LogP contribution in [-0.4, -0.2) is 30.8 Å². The average molecular weight is 488 g/mol. The van der Waals surface area contributed by atoms with Crippen LogP contribution in [-0.2, 0) is 16.4 Å². The van der Waals surface area contributed by atoms with E-state index in [1.807, 2.05) is 49.4 Å².